The van der Waals surface area contributed by atoms with Crippen LogP contribution < -0.4 is 15.5 Å². The lowest BCUT2D eigenvalue weighted by atomic mass is 9.96. The molecule has 3 rings (SSSR count). The fourth-order valence-electron chi connectivity index (χ4n) is 3.17. The number of nitrogens with one attached hydrogen (secondary N) is 2. The van der Waals surface area contributed by atoms with Crippen molar-refractivity contribution in [2.24, 2.45) is 5.92 Å². The van der Waals surface area contributed by atoms with Gasteiger partial charge in [0.15, 0.2) is 0 Å². The minimum absolute atomic E-state index is 0.00238. The molecule has 1 aromatic carbocycles. The summed E-state index contributed by atoms with van der Waals surface area (Å²) in [5.41, 5.74) is 0.817. The maximum Gasteiger partial charge on any atom is 0.313 e. The van der Waals surface area contributed by atoms with Gasteiger partial charge in [0.2, 0.25) is 0 Å². The molecule has 146 valence electrons. The normalized spacial score (nSPS) is 14.4. The summed E-state index contributed by atoms with van der Waals surface area (Å²) in [6.07, 6.45) is 5.35. The molecule has 2 heterocycles. The van der Waals surface area contributed by atoms with E-state index in [-0.39, 0.29) is 17.3 Å². The first-order chi connectivity index (χ1) is 13.5. The van der Waals surface area contributed by atoms with Crippen LogP contribution in [0.4, 0.5) is 17.1 Å². The number of pyridine rings is 1. The van der Waals surface area contributed by atoms with Gasteiger partial charge in [-0.2, -0.15) is 0 Å². The van der Waals surface area contributed by atoms with Gasteiger partial charge in [-0.3, -0.25) is 24.7 Å². The van der Waals surface area contributed by atoms with Gasteiger partial charge in [-0.05, 0) is 37.0 Å². The number of anilines is 2. The van der Waals surface area contributed by atoms with Crippen molar-refractivity contribution in [1.82, 2.24) is 10.3 Å². The van der Waals surface area contributed by atoms with E-state index in [9.17, 15) is 19.7 Å². The Morgan fingerprint density at radius 2 is 1.89 bits per heavy atom. The van der Waals surface area contributed by atoms with E-state index in [1.807, 2.05) is 18.3 Å². The molecule has 9 nitrogen and oxygen atoms in total. The molecule has 0 unspecified atom stereocenters. The van der Waals surface area contributed by atoms with Gasteiger partial charge in [0.05, 0.1) is 16.8 Å². The average molecular weight is 383 g/mol. The molecule has 0 saturated carbocycles. The van der Waals surface area contributed by atoms with Crippen LogP contribution in [-0.2, 0) is 9.59 Å². The van der Waals surface area contributed by atoms with E-state index in [0.29, 0.717) is 6.54 Å². The zero-order valence-corrected chi connectivity index (χ0v) is 15.2. The number of rotatable bonds is 5. The summed E-state index contributed by atoms with van der Waals surface area (Å²) in [5, 5.41) is 15.9. The maximum atomic E-state index is 12.0. The first-order valence-electron chi connectivity index (χ1n) is 9.02. The fourth-order valence-corrected chi connectivity index (χ4v) is 3.17. The van der Waals surface area contributed by atoms with Crippen LogP contribution in [0.25, 0.3) is 0 Å². The molecule has 28 heavy (non-hydrogen) atoms. The number of hydrogen-bond donors (Lipinski definition) is 2. The Morgan fingerprint density at radius 1 is 1.14 bits per heavy atom. The second-order valence-electron chi connectivity index (χ2n) is 6.58. The van der Waals surface area contributed by atoms with Crippen molar-refractivity contribution in [3.05, 3.63) is 58.9 Å². The molecule has 1 aromatic heterocycles. The highest BCUT2D eigenvalue weighted by Gasteiger charge is 2.23. The molecular formula is C19H21N5O4. The third kappa shape index (κ3) is 4.81. The number of para-hydroxylation sites is 2. The van der Waals surface area contributed by atoms with Crippen molar-refractivity contribution in [1.29, 1.82) is 0 Å². The Labute approximate surface area is 161 Å². The number of carbonyl (C=O) groups is 2. The van der Waals surface area contributed by atoms with Gasteiger partial charge in [-0.1, -0.05) is 12.1 Å². The van der Waals surface area contributed by atoms with E-state index in [1.54, 1.807) is 12.3 Å². The predicted octanol–water partition coefficient (Wildman–Crippen LogP) is 1.96. The van der Waals surface area contributed by atoms with Crippen molar-refractivity contribution in [3.8, 4) is 0 Å². The summed E-state index contributed by atoms with van der Waals surface area (Å²) in [7, 11) is 0. The minimum Gasteiger partial charge on any atom is -0.370 e. The van der Waals surface area contributed by atoms with Crippen LogP contribution in [-0.4, -0.2) is 41.4 Å². The summed E-state index contributed by atoms with van der Waals surface area (Å²) in [4.78, 5) is 40.8. The number of benzene rings is 1. The highest BCUT2D eigenvalue weighted by molar-refractivity contribution is 6.39. The van der Waals surface area contributed by atoms with Crippen LogP contribution in [0.5, 0.6) is 0 Å². The molecule has 0 atom stereocenters. The molecule has 1 aliphatic heterocycles. The lowest BCUT2D eigenvalue weighted by Crippen LogP contribution is -2.41. The number of carbonyl (C=O) groups excluding carboxylic acids is 2. The molecule has 1 fully saturated rings. The minimum atomic E-state index is -0.915. The Bertz CT molecular complexity index is 850. The highest BCUT2D eigenvalue weighted by atomic mass is 16.6. The Kier molecular flexibility index (Phi) is 6.15. The average Bonchev–Trinajstić information content (AvgIpc) is 2.73. The lowest BCUT2D eigenvalue weighted by Gasteiger charge is -2.33. The van der Waals surface area contributed by atoms with Gasteiger partial charge in [-0.25, -0.2) is 0 Å². The Balaban J connectivity index is 1.46. The van der Waals surface area contributed by atoms with E-state index >= 15 is 0 Å². The molecule has 2 amide bonds. The summed E-state index contributed by atoms with van der Waals surface area (Å²) < 4.78 is 0. The number of hydrogen-bond acceptors (Lipinski definition) is 6. The summed E-state index contributed by atoms with van der Waals surface area (Å²) in [6, 6.07) is 9.61. The SMILES string of the molecule is O=C(NCC1CCN(c2cccnc2)CC1)C(=O)Nc1ccccc1[N+](=O)[O-]. The zero-order chi connectivity index (χ0) is 19.9. The molecular weight excluding hydrogens is 362 g/mol. The van der Waals surface area contributed by atoms with Gasteiger partial charge in [-0.15, -0.1) is 0 Å². The molecule has 0 aliphatic carbocycles. The standard InChI is InChI=1S/C19H21N5O4/c25-18(19(26)22-16-5-1-2-6-17(16)24(27)28)21-12-14-7-10-23(11-8-14)15-4-3-9-20-13-15/h1-6,9,13-14H,7-8,10-12H2,(H,21,25)(H,22,26). The molecule has 9 heteroatoms. The molecule has 2 N–H and O–H groups in total. The molecule has 1 saturated heterocycles. The van der Waals surface area contributed by atoms with Gasteiger partial charge in [0, 0.05) is 31.9 Å². The van der Waals surface area contributed by atoms with Crippen LogP contribution in [0.1, 0.15) is 12.8 Å². The number of piperidine rings is 1. The first kappa shape index (κ1) is 19.3. The van der Waals surface area contributed by atoms with Gasteiger partial charge >= 0.3 is 11.8 Å². The lowest BCUT2D eigenvalue weighted by molar-refractivity contribution is -0.383. The predicted molar refractivity (Wildman–Crippen MR) is 104 cm³/mol. The highest BCUT2D eigenvalue weighted by Crippen LogP contribution is 2.23. The van der Waals surface area contributed by atoms with Crippen LogP contribution in [0, 0.1) is 16.0 Å². The molecule has 0 spiro atoms. The second-order valence-corrected chi connectivity index (χ2v) is 6.58. The molecule has 1 aliphatic rings. The van der Waals surface area contributed by atoms with Crippen LogP contribution in [0.15, 0.2) is 48.8 Å². The van der Waals surface area contributed by atoms with Crippen molar-refractivity contribution in [3.63, 3.8) is 0 Å². The van der Waals surface area contributed by atoms with Crippen molar-refractivity contribution in [2.75, 3.05) is 29.9 Å². The third-order valence-electron chi connectivity index (χ3n) is 4.73. The number of nitro groups is 1. The summed E-state index contributed by atoms with van der Waals surface area (Å²) >= 11 is 0. The second kappa shape index (κ2) is 8.94. The van der Waals surface area contributed by atoms with Gasteiger partial charge in [0.1, 0.15) is 5.69 Å². The Morgan fingerprint density at radius 3 is 2.57 bits per heavy atom. The van der Waals surface area contributed by atoms with Crippen molar-refractivity contribution < 1.29 is 14.5 Å². The molecule has 2 aromatic rings. The van der Waals surface area contributed by atoms with E-state index in [2.05, 4.69) is 20.5 Å². The third-order valence-corrected chi connectivity index (χ3v) is 4.73. The van der Waals surface area contributed by atoms with E-state index in [0.717, 1.165) is 31.6 Å². The van der Waals surface area contributed by atoms with E-state index in [1.165, 1.54) is 18.2 Å². The van der Waals surface area contributed by atoms with Crippen LogP contribution in [0.3, 0.4) is 0 Å². The summed E-state index contributed by atoms with van der Waals surface area (Å²) in [5.74, 6) is -1.44. The van der Waals surface area contributed by atoms with E-state index in [4.69, 9.17) is 0 Å². The fraction of sp³-hybridized carbons (Fsp3) is 0.316. The van der Waals surface area contributed by atoms with Gasteiger partial charge < -0.3 is 15.5 Å². The number of nitrogens with zero attached hydrogens (tertiary/aromatic N) is 3. The van der Waals surface area contributed by atoms with Crippen molar-refractivity contribution in [2.45, 2.75) is 12.8 Å². The summed E-state index contributed by atoms with van der Waals surface area (Å²) in [6.45, 7) is 2.10. The van der Waals surface area contributed by atoms with Crippen molar-refractivity contribution >= 4 is 28.9 Å². The molecule has 0 radical (unpaired) electrons. The number of aromatic nitrogens is 1. The van der Waals surface area contributed by atoms with Gasteiger partial charge in [0.25, 0.3) is 5.69 Å². The largest absolute Gasteiger partial charge is 0.370 e. The van der Waals surface area contributed by atoms with Crippen LogP contribution in [0.2, 0.25) is 0 Å². The monoisotopic (exact) mass is 383 g/mol. The van der Waals surface area contributed by atoms with Crippen LogP contribution >= 0.6 is 0 Å². The first-order valence-corrected chi connectivity index (χ1v) is 9.02. The maximum absolute atomic E-state index is 12.0. The smallest absolute Gasteiger partial charge is 0.313 e. The number of amides is 2. The quantitative estimate of drug-likeness (QED) is 0.463. The van der Waals surface area contributed by atoms with E-state index < -0.39 is 16.7 Å². The molecule has 0 bridgehead atoms. The Hall–Kier alpha value is -3.49. The topological polar surface area (TPSA) is 117 Å². The number of nitro benzene ring substituents is 1. The zero-order valence-electron chi connectivity index (χ0n) is 15.2.